The maximum atomic E-state index is 9.50. The van der Waals surface area contributed by atoms with E-state index in [9.17, 15) is 5.11 Å². The van der Waals surface area contributed by atoms with Crippen molar-refractivity contribution in [3.63, 3.8) is 0 Å². The Morgan fingerprint density at radius 3 is 2.42 bits per heavy atom. The fourth-order valence-electron chi connectivity index (χ4n) is 1.06. The lowest BCUT2D eigenvalue weighted by molar-refractivity contribution is 0.0754. The van der Waals surface area contributed by atoms with Gasteiger partial charge in [-0.05, 0) is 12.5 Å². The fourth-order valence-corrected chi connectivity index (χ4v) is 2.59. The Morgan fingerprint density at radius 2 is 2.00 bits per heavy atom. The van der Waals surface area contributed by atoms with E-state index in [0.717, 1.165) is 12.5 Å². The summed E-state index contributed by atoms with van der Waals surface area (Å²) in [7, 11) is -1.12. The van der Waals surface area contributed by atoms with Crippen LogP contribution in [0.1, 0.15) is 13.3 Å². The first-order valence-electron chi connectivity index (χ1n) is 4.57. The van der Waals surface area contributed by atoms with Gasteiger partial charge in [0.05, 0.1) is 19.3 Å². The number of aliphatic hydroxyl groups is 1. The smallest absolute Gasteiger partial charge is 0.0835 e. The molecular weight excluding hydrogens is 168 g/mol. The standard InChI is InChI=1S/C9H21O2Si/c1-5-6-11-7-9(10)8-12(2,3)4/h6,9-10H,5,7-8H2,1-4H3. The lowest BCUT2D eigenvalue weighted by atomic mass is 10.4. The minimum Gasteiger partial charge on any atom is -0.391 e. The molecule has 0 fully saturated rings. The predicted octanol–water partition coefficient (Wildman–Crippen LogP) is 2.27. The highest BCUT2D eigenvalue weighted by molar-refractivity contribution is 6.76. The molecule has 0 aliphatic carbocycles. The molecule has 0 heterocycles. The van der Waals surface area contributed by atoms with Crippen LogP contribution in [0.15, 0.2) is 0 Å². The molecule has 0 aliphatic rings. The van der Waals surface area contributed by atoms with Crippen molar-refractivity contribution in [1.82, 2.24) is 0 Å². The lowest BCUT2D eigenvalue weighted by Crippen LogP contribution is -2.29. The molecule has 1 atom stereocenters. The highest BCUT2D eigenvalue weighted by atomic mass is 28.3. The predicted molar refractivity (Wildman–Crippen MR) is 54.7 cm³/mol. The van der Waals surface area contributed by atoms with E-state index in [1.807, 2.05) is 6.92 Å². The van der Waals surface area contributed by atoms with Crippen LogP contribution >= 0.6 is 0 Å². The third-order valence-corrected chi connectivity index (χ3v) is 3.12. The Labute approximate surface area is 76.9 Å². The Kier molecular flexibility index (Phi) is 5.79. The van der Waals surface area contributed by atoms with E-state index in [1.165, 1.54) is 0 Å². The largest absolute Gasteiger partial charge is 0.391 e. The van der Waals surface area contributed by atoms with Gasteiger partial charge in [-0.1, -0.05) is 26.6 Å². The normalized spacial score (nSPS) is 14.8. The average molecular weight is 189 g/mol. The van der Waals surface area contributed by atoms with Gasteiger partial charge in [-0.2, -0.15) is 0 Å². The van der Waals surface area contributed by atoms with Gasteiger partial charge < -0.3 is 9.84 Å². The zero-order valence-electron chi connectivity index (χ0n) is 8.63. The summed E-state index contributed by atoms with van der Waals surface area (Å²) in [5.41, 5.74) is 0. The van der Waals surface area contributed by atoms with Crippen LogP contribution in [-0.2, 0) is 4.74 Å². The Bertz CT molecular complexity index is 110. The zero-order valence-corrected chi connectivity index (χ0v) is 9.63. The van der Waals surface area contributed by atoms with Crippen LogP contribution in [0, 0.1) is 6.61 Å². The van der Waals surface area contributed by atoms with Crippen molar-refractivity contribution in [1.29, 1.82) is 0 Å². The van der Waals surface area contributed by atoms with Gasteiger partial charge in [0.1, 0.15) is 0 Å². The first-order valence-corrected chi connectivity index (χ1v) is 8.28. The summed E-state index contributed by atoms with van der Waals surface area (Å²) < 4.78 is 5.14. The number of hydrogen-bond donors (Lipinski definition) is 1. The van der Waals surface area contributed by atoms with E-state index >= 15 is 0 Å². The van der Waals surface area contributed by atoms with E-state index in [4.69, 9.17) is 4.74 Å². The molecule has 12 heavy (non-hydrogen) atoms. The average Bonchev–Trinajstić information content (AvgIpc) is 1.84. The Hall–Kier alpha value is 0.137. The van der Waals surface area contributed by atoms with E-state index in [1.54, 1.807) is 6.61 Å². The van der Waals surface area contributed by atoms with Gasteiger partial charge in [-0.15, -0.1) is 0 Å². The molecule has 1 N–H and O–H groups in total. The molecule has 73 valence electrons. The molecule has 0 aromatic rings. The molecule has 0 rings (SSSR count). The SMILES string of the molecule is CC[CH]OCC(O)C[Si](C)(C)C. The second kappa shape index (κ2) is 5.73. The fraction of sp³-hybridized carbons (Fsp3) is 0.889. The van der Waals surface area contributed by atoms with Gasteiger partial charge in [0.25, 0.3) is 0 Å². The number of aliphatic hydroxyl groups excluding tert-OH is 1. The van der Waals surface area contributed by atoms with Crippen molar-refractivity contribution < 1.29 is 9.84 Å². The molecule has 1 unspecified atom stereocenters. The molecule has 0 saturated heterocycles. The molecule has 0 aliphatic heterocycles. The van der Waals surface area contributed by atoms with Crippen LogP contribution in [0.2, 0.25) is 25.7 Å². The van der Waals surface area contributed by atoms with E-state index in [-0.39, 0.29) is 6.10 Å². The Morgan fingerprint density at radius 1 is 1.42 bits per heavy atom. The number of rotatable bonds is 6. The summed E-state index contributed by atoms with van der Waals surface area (Å²) in [5, 5.41) is 9.50. The van der Waals surface area contributed by atoms with Crippen LogP contribution < -0.4 is 0 Å². The first-order chi connectivity index (χ1) is 5.45. The van der Waals surface area contributed by atoms with Gasteiger partial charge in [-0.25, -0.2) is 0 Å². The van der Waals surface area contributed by atoms with E-state index < -0.39 is 8.07 Å². The summed E-state index contributed by atoms with van der Waals surface area (Å²) in [6.45, 7) is 11.0. The first kappa shape index (κ1) is 12.1. The third kappa shape index (κ3) is 8.24. The van der Waals surface area contributed by atoms with Crippen molar-refractivity contribution in [2.45, 2.75) is 45.1 Å². The molecule has 0 saturated carbocycles. The van der Waals surface area contributed by atoms with Gasteiger partial charge in [0.15, 0.2) is 0 Å². The maximum Gasteiger partial charge on any atom is 0.0835 e. The van der Waals surface area contributed by atoms with Gasteiger partial charge in [0, 0.05) is 8.07 Å². The number of ether oxygens (including phenoxy) is 1. The molecule has 2 nitrogen and oxygen atoms in total. The Balaban J connectivity index is 3.40. The lowest BCUT2D eigenvalue weighted by Gasteiger charge is -2.20. The maximum absolute atomic E-state index is 9.50. The quantitative estimate of drug-likeness (QED) is 0.513. The highest BCUT2D eigenvalue weighted by Gasteiger charge is 2.18. The van der Waals surface area contributed by atoms with Crippen molar-refractivity contribution in [2.75, 3.05) is 6.61 Å². The number of hydrogen-bond acceptors (Lipinski definition) is 2. The van der Waals surface area contributed by atoms with Crippen molar-refractivity contribution in [3.05, 3.63) is 6.61 Å². The zero-order chi connectivity index (χ0) is 9.61. The molecule has 0 aromatic carbocycles. The summed E-state index contributed by atoms with van der Waals surface area (Å²) in [5.74, 6) is 0. The summed E-state index contributed by atoms with van der Waals surface area (Å²) in [4.78, 5) is 0. The summed E-state index contributed by atoms with van der Waals surface area (Å²) in [6.07, 6.45) is 0.624. The van der Waals surface area contributed by atoms with Crippen molar-refractivity contribution >= 4 is 8.07 Å². The van der Waals surface area contributed by atoms with Crippen LogP contribution in [0.5, 0.6) is 0 Å². The van der Waals surface area contributed by atoms with Gasteiger partial charge >= 0.3 is 0 Å². The highest BCUT2D eigenvalue weighted by Crippen LogP contribution is 2.11. The van der Waals surface area contributed by atoms with Gasteiger partial charge in [0.2, 0.25) is 0 Å². The molecule has 0 aromatic heterocycles. The second-order valence-electron chi connectivity index (χ2n) is 4.33. The van der Waals surface area contributed by atoms with Crippen molar-refractivity contribution in [2.24, 2.45) is 0 Å². The summed E-state index contributed by atoms with van der Waals surface area (Å²) >= 11 is 0. The van der Waals surface area contributed by atoms with Crippen molar-refractivity contribution in [3.8, 4) is 0 Å². The molecule has 0 bridgehead atoms. The van der Waals surface area contributed by atoms with Crippen LogP contribution in [0.3, 0.4) is 0 Å². The van der Waals surface area contributed by atoms with E-state index in [0.29, 0.717) is 6.61 Å². The van der Waals surface area contributed by atoms with E-state index in [2.05, 4.69) is 19.6 Å². The van der Waals surface area contributed by atoms with Crippen LogP contribution in [-0.4, -0.2) is 25.9 Å². The molecular formula is C9H21O2Si. The van der Waals surface area contributed by atoms with Gasteiger partial charge in [-0.3, -0.25) is 0 Å². The molecule has 3 heteroatoms. The van der Waals surface area contributed by atoms with Crippen LogP contribution in [0.25, 0.3) is 0 Å². The topological polar surface area (TPSA) is 29.5 Å². The molecule has 0 amide bonds. The monoisotopic (exact) mass is 189 g/mol. The minimum absolute atomic E-state index is 0.278. The third-order valence-electron chi connectivity index (χ3n) is 1.42. The molecule has 1 radical (unpaired) electrons. The summed E-state index contributed by atoms with van der Waals surface area (Å²) in [6, 6.07) is 0.921. The second-order valence-corrected chi connectivity index (χ2v) is 9.86. The molecule has 0 spiro atoms. The minimum atomic E-state index is -1.12. The van der Waals surface area contributed by atoms with Crippen LogP contribution in [0.4, 0.5) is 0 Å².